The first-order chi connectivity index (χ1) is 14.6. The number of unbranched alkanes of at least 4 members (excludes halogenated alkanes) is 1. The largest absolute Gasteiger partial charge is 0.340 e. The Labute approximate surface area is 185 Å². The van der Waals surface area contributed by atoms with Crippen LogP contribution in [0.4, 0.5) is 0 Å². The van der Waals surface area contributed by atoms with Gasteiger partial charge in [0.15, 0.2) is 0 Å². The third kappa shape index (κ3) is 4.22. The van der Waals surface area contributed by atoms with Gasteiger partial charge in [-0.2, -0.15) is 0 Å². The van der Waals surface area contributed by atoms with Gasteiger partial charge in [-0.15, -0.1) is 0 Å². The minimum Gasteiger partial charge on any atom is -0.340 e. The van der Waals surface area contributed by atoms with Gasteiger partial charge in [-0.25, -0.2) is 0 Å². The van der Waals surface area contributed by atoms with Crippen LogP contribution in [0.15, 0.2) is 59.1 Å². The molecular formula is C24H27BrNO3P. The standard InChI is InChI=1S/C24H27BrNO3P/c1-3-28-30(27,29-4-2)16-8-7-15-26-22-14-12-19(25)17-21(22)24-20-10-6-5-9-18(20)11-13-23(24)26/h5-6,9-14,17H,3-4,7-8,15-16H2,1-2H3. The lowest BCUT2D eigenvalue weighted by Crippen LogP contribution is -2.03. The third-order valence-electron chi connectivity index (χ3n) is 5.43. The van der Waals surface area contributed by atoms with Crippen molar-refractivity contribution in [3.63, 3.8) is 0 Å². The van der Waals surface area contributed by atoms with Crippen LogP contribution in [0, 0.1) is 0 Å². The highest BCUT2D eigenvalue weighted by atomic mass is 79.9. The van der Waals surface area contributed by atoms with Gasteiger partial charge in [0.2, 0.25) is 0 Å². The molecule has 4 nitrogen and oxygen atoms in total. The second-order valence-corrected chi connectivity index (χ2v) is 10.5. The van der Waals surface area contributed by atoms with Crippen molar-refractivity contribution in [3.05, 3.63) is 59.1 Å². The van der Waals surface area contributed by atoms with Crippen LogP contribution in [0.3, 0.4) is 0 Å². The van der Waals surface area contributed by atoms with Crippen molar-refractivity contribution < 1.29 is 13.6 Å². The fourth-order valence-corrected chi connectivity index (χ4v) is 6.31. The first-order valence-electron chi connectivity index (χ1n) is 10.5. The molecule has 6 heteroatoms. The van der Waals surface area contributed by atoms with Crippen LogP contribution in [-0.4, -0.2) is 23.9 Å². The summed E-state index contributed by atoms with van der Waals surface area (Å²) in [6, 6.07) is 19.4. The predicted molar refractivity (Wildman–Crippen MR) is 130 cm³/mol. The molecule has 0 saturated heterocycles. The van der Waals surface area contributed by atoms with Crippen LogP contribution in [-0.2, 0) is 20.2 Å². The highest BCUT2D eigenvalue weighted by molar-refractivity contribution is 9.10. The first kappa shape index (κ1) is 21.6. The van der Waals surface area contributed by atoms with Gasteiger partial charge in [-0.1, -0.05) is 46.3 Å². The molecule has 0 aliphatic rings. The van der Waals surface area contributed by atoms with E-state index in [2.05, 4.69) is 75.1 Å². The zero-order valence-electron chi connectivity index (χ0n) is 17.4. The Hall–Kier alpha value is -1.65. The number of nitrogens with zero attached hydrogens (tertiary/aromatic N) is 1. The maximum atomic E-state index is 12.7. The summed E-state index contributed by atoms with van der Waals surface area (Å²) in [4.78, 5) is 0. The topological polar surface area (TPSA) is 40.5 Å². The van der Waals surface area contributed by atoms with Gasteiger partial charge in [-0.05, 0) is 61.7 Å². The van der Waals surface area contributed by atoms with Gasteiger partial charge in [-0.3, -0.25) is 4.57 Å². The van der Waals surface area contributed by atoms with E-state index in [-0.39, 0.29) is 0 Å². The smallest absolute Gasteiger partial charge is 0.330 e. The van der Waals surface area contributed by atoms with E-state index in [9.17, 15) is 4.57 Å². The Morgan fingerprint density at radius 1 is 0.900 bits per heavy atom. The number of aryl methyl sites for hydroxylation is 1. The minimum atomic E-state index is -2.98. The average molecular weight is 488 g/mol. The first-order valence-corrected chi connectivity index (χ1v) is 13.1. The van der Waals surface area contributed by atoms with Crippen molar-refractivity contribution in [2.45, 2.75) is 33.2 Å². The molecule has 0 saturated carbocycles. The van der Waals surface area contributed by atoms with Crippen molar-refractivity contribution in [2.75, 3.05) is 19.4 Å². The van der Waals surface area contributed by atoms with E-state index in [0.717, 1.165) is 23.9 Å². The SMILES string of the molecule is CCOP(=O)(CCCCn1c2ccc(Br)cc2c2c3ccccc3ccc21)OCC. The molecule has 0 bridgehead atoms. The molecule has 0 aliphatic carbocycles. The molecule has 1 aromatic heterocycles. The summed E-state index contributed by atoms with van der Waals surface area (Å²) in [7, 11) is -2.98. The summed E-state index contributed by atoms with van der Waals surface area (Å²) in [6.07, 6.45) is 2.16. The van der Waals surface area contributed by atoms with E-state index < -0.39 is 7.60 Å². The quantitative estimate of drug-likeness (QED) is 0.179. The summed E-state index contributed by atoms with van der Waals surface area (Å²) >= 11 is 3.64. The van der Waals surface area contributed by atoms with E-state index >= 15 is 0 Å². The fraction of sp³-hybridized carbons (Fsp3) is 0.333. The molecule has 0 unspecified atom stereocenters. The maximum absolute atomic E-state index is 12.7. The number of hydrogen-bond acceptors (Lipinski definition) is 3. The molecule has 158 valence electrons. The van der Waals surface area contributed by atoms with Crippen molar-refractivity contribution in [1.82, 2.24) is 4.57 Å². The Kier molecular flexibility index (Phi) is 6.64. The lowest BCUT2D eigenvalue weighted by molar-refractivity contribution is 0.219. The number of benzene rings is 3. The number of fused-ring (bicyclic) bond motifs is 5. The Morgan fingerprint density at radius 3 is 2.40 bits per heavy atom. The van der Waals surface area contributed by atoms with Gasteiger partial charge in [0.05, 0.1) is 19.4 Å². The van der Waals surface area contributed by atoms with Gasteiger partial charge in [0.25, 0.3) is 0 Å². The predicted octanol–water partition coefficient (Wildman–Crippen LogP) is 7.76. The molecule has 3 aromatic carbocycles. The summed E-state index contributed by atoms with van der Waals surface area (Å²) in [5.41, 5.74) is 2.46. The molecule has 0 amide bonds. The molecule has 4 rings (SSSR count). The Balaban J connectivity index is 1.67. The van der Waals surface area contributed by atoms with E-state index in [1.165, 1.54) is 32.6 Å². The molecule has 0 atom stereocenters. The minimum absolute atomic E-state index is 0.409. The number of aromatic nitrogens is 1. The van der Waals surface area contributed by atoms with Crippen molar-refractivity contribution in [1.29, 1.82) is 0 Å². The van der Waals surface area contributed by atoms with Crippen LogP contribution in [0.2, 0.25) is 0 Å². The molecular weight excluding hydrogens is 461 g/mol. The van der Waals surface area contributed by atoms with Gasteiger partial charge >= 0.3 is 7.60 Å². The molecule has 0 aliphatic heterocycles. The maximum Gasteiger partial charge on any atom is 0.330 e. The summed E-state index contributed by atoms with van der Waals surface area (Å²) in [5, 5.41) is 5.07. The summed E-state index contributed by atoms with van der Waals surface area (Å²) in [5.74, 6) is 0. The molecule has 1 heterocycles. The lowest BCUT2D eigenvalue weighted by atomic mass is 10.0. The zero-order chi connectivity index (χ0) is 21.1. The van der Waals surface area contributed by atoms with Crippen LogP contribution < -0.4 is 0 Å². The zero-order valence-corrected chi connectivity index (χ0v) is 19.9. The Bertz CT molecular complexity index is 1220. The number of rotatable bonds is 9. The summed E-state index contributed by atoms with van der Waals surface area (Å²) < 4.78 is 27.1. The van der Waals surface area contributed by atoms with E-state index in [1.54, 1.807) is 0 Å². The van der Waals surface area contributed by atoms with E-state index in [1.807, 2.05) is 13.8 Å². The molecule has 0 spiro atoms. The molecule has 30 heavy (non-hydrogen) atoms. The van der Waals surface area contributed by atoms with Crippen LogP contribution >= 0.6 is 23.5 Å². The number of hydrogen-bond donors (Lipinski definition) is 0. The van der Waals surface area contributed by atoms with Crippen LogP contribution in [0.5, 0.6) is 0 Å². The normalized spacial score (nSPS) is 12.4. The van der Waals surface area contributed by atoms with Gasteiger partial charge in [0.1, 0.15) is 0 Å². The molecule has 4 aromatic rings. The molecule has 0 radical (unpaired) electrons. The van der Waals surface area contributed by atoms with Crippen LogP contribution in [0.1, 0.15) is 26.7 Å². The van der Waals surface area contributed by atoms with Crippen LogP contribution in [0.25, 0.3) is 32.6 Å². The molecule has 0 fully saturated rings. The van der Waals surface area contributed by atoms with Gasteiger partial charge < -0.3 is 13.6 Å². The van der Waals surface area contributed by atoms with E-state index in [0.29, 0.717) is 19.4 Å². The van der Waals surface area contributed by atoms with Crippen molar-refractivity contribution in [2.24, 2.45) is 0 Å². The third-order valence-corrected chi connectivity index (χ3v) is 8.09. The van der Waals surface area contributed by atoms with Crippen molar-refractivity contribution in [3.8, 4) is 0 Å². The number of halogens is 1. The molecule has 0 N–H and O–H groups in total. The highest BCUT2D eigenvalue weighted by Crippen LogP contribution is 2.48. The Morgan fingerprint density at radius 2 is 1.63 bits per heavy atom. The lowest BCUT2D eigenvalue weighted by Gasteiger charge is -2.17. The van der Waals surface area contributed by atoms with Crippen molar-refractivity contribution >= 4 is 56.1 Å². The second kappa shape index (κ2) is 9.23. The average Bonchev–Trinajstić information content (AvgIpc) is 3.05. The summed E-state index contributed by atoms with van der Waals surface area (Å²) in [6.45, 7) is 5.38. The second-order valence-electron chi connectivity index (χ2n) is 7.37. The highest BCUT2D eigenvalue weighted by Gasteiger charge is 2.22. The van der Waals surface area contributed by atoms with Gasteiger partial charge in [0, 0.05) is 32.8 Å². The monoisotopic (exact) mass is 487 g/mol. The van der Waals surface area contributed by atoms with E-state index in [4.69, 9.17) is 9.05 Å². The fourth-order valence-electron chi connectivity index (χ4n) is 4.22.